The van der Waals surface area contributed by atoms with E-state index in [4.69, 9.17) is 9.47 Å². The molecule has 2 aliphatic carbocycles. The highest BCUT2D eigenvalue weighted by Gasteiger charge is 2.51. The molecule has 0 amide bonds. The molecule has 2 aromatic carbocycles. The number of Topliss-reactive ketones (excluding diaryl/α,β-unsaturated/α-hetero) is 1. The van der Waals surface area contributed by atoms with Gasteiger partial charge in [-0.2, -0.15) is 0 Å². The van der Waals surface area contributed by atoms with E-state index in [9.17, 15) is 9.59 Å². The Bertz CT molecular complexity index is 1010. The van der Waals surface area contributed by atoms with E-state index >= 15 is 0 Å². The highest BCUT2D eigenvalue weighted by atomic mass is 16.5. The van der Waals surface area contributed by atoms with E-state index in [1.165, 1.54) is 5.56 Å². The molecule has 2 aromatic rings. The first kappa shape index (κ1) is 23.0. The Hall–Kier alpha value is -3.14. The Kier molecular flexibility index (Phi) is 7.43. The fourth-order valence-corrected chi connectivity index (χ4v) is 4.39. The van der Waals surface area contributed by atoms with E-state index in [1.54, 1.807) is 0 Å². The molecular weight excluding hydrogens is 412 g/mol. The van der Waals surface area contributed by atoms with Gasteiger partial charge in [-0.05, 0) is 68.2 Å². The second kappa shape index (κ2) is 10.7. The number of rotatable bonds is 11. The number of carbonyl (C=O) groups excluding carboxylic acids is 2. The van der Waals surface area contributed by atoms with E-state index in [0.29, 0.717) is 32.0 Å². The van der Waals surface area contributed by atoms with E-state index in [-0.39, 0.29) is 17.2 Å². The number of ketones is 1. The lowest BCUT2D eigenvalue weighted by Crippen LogP contribution is -2.22. The Morgan fingerprint density at radius 2 is 1.73 bits per heavy atom. The molecule has 0 heterocycles. The van der Waals surface area contributed by atoms with Crippen LogP contribution in [0.1, 0.15) is 45.4 Å². The molecular formula is C29H32O4. The second-order valence-corrected chi connectivity index (χ2v) is 8.98. The van der Waals surface area contributed by atoms with Crippen molar-refractivity contribution in [2.45, 2.75) is 45.4 Å². The standard InChI is InChI=1S/C29H32O4/c1-2-32-28(31)29(18-19-29)21-22-10-12-25(13-11-22)27(30)9-6-20-33-26-16-14-24(15-17-26)23-7-4-3-5-8-23/h3-5,7-8,10,12-17,22H,2,6,9,11,18-21H2,1H3. The number of allylic oxidation sites excluding steroid dienone is 4. The third kappa shape index (κ3) is 6.01. The number of benzene rings is 2. The van der Waals surface area contributed by atoms with Gasteiger partial charge in [-0.15, -0.1) is 0 Å². The predicted octanol–water partition coefficient (Wildman–Crippen LogP) is 6.32. The molecule has 0 aromatic heterocycles. The maximum atomic E-state index is 12.6. The molecule has 2 aliphatic rings. The van der Waals surface area contributed by atoms with Crippen LogP contribution in [0.4, 0.5) is 0 Å². The summed E-state index contributed by atoms with van der Waals surface area (Å²) < 4.78 is 11.1. The number of carbonyl (C=O) groups is 2. The van der Waals surface area contributed by atoms with E-state index < -0.39 is 0 Å². The van der Waals surface area contributed by atoms with Crippen LogP contribution in [0.2, 0.25) is 0 Å². The number of esters is 1. The summed E-state index contributed by atoms with van der Waals surface area (Å²) in [6.07, 6.45) is 10.7. The maximum Gasteiger partial charge on any atom is 0.312 e. The molecule has 0 N–H and O–H groups in total. The average molecular weight is 445 g/mol. The summed E-state index contributed by atoms with van der Waals surface area (Å²) in [7, 11) is 0. The fraction of sp³-hybridized carbons (Fsp3) is 0.379. The zero-order valence-electron chi connectivity index (χ0n) is 19.3. The van der Waals surface area contributed by atoms with Crippen LogP contribution in [-0.2, 0) is 14.3 Å². The monoisotopic (exact) mass is 444 g/mol. The molecule has 4 rings (SSSR count). The molecule has 4 nitrogen and oxygen atoms in total. The predicted molar refractivity (Wildman–Crippen MR) is 130 cm³/mol. The van der Waals surface area contributed by atoms with Gasteiger partial charge in [0.15, 0.2) is 5.78 Å². The van der Waals surface area contributed by atoms with Gasteiger partial charge in [0.1, 0.15) is 5.75 Å². The maximum absolute atomic E-state index is 12.6. The molecule has 1 atom stereocenters. The zero-order chi connectivity index (χ0) is 23.1. The smallest absolute Gasteiger partial charge is 0.312 e. The minimum absolute atomic E-state index is 0.0565. The van der Waals surface area contributed by atoms with Crippen LogP contribution in [0.25, 0.3) is 11.1 Å². The third-order valence-corrected chi connectivity index (χ3v) is 6.50. The van der Waals surface area contributed by atoms with Crippen molar-refractivity contribution in [2.24, 2.45) is 11.3 Å². The number of hydrogen-bond donors (Lipinski definition) is 0. The lowest BCUT2D eigenvalue weighted by atomic mass is 9.85. The molecule has 1 fully saturated rings. The fourth-order valence-electron chi connectivity index (χ4n) is 4.39. The molecule has 172 valence electrons. The lowest BCUT2D eigenvalue weighted by Gasteiger charge is -2.21. The van der Waals surface area contributed by atoms with Gasteiger partial charge in [-0.3, -0.25) is 9.59 Å². The summed E-state index contributed by atoms with van der Waals surface area (Å²) in [6, 6.07) is 18.3. The summed E-state index contributed by atoms with van der Waals surface area (Å²) in [4.78, 5) is 24.7. The third-order valence-electron chi connectivity index (χ3n) is 6.50. The Balaban J connectivity index is 1.17. The zero-order valence-corrected chi connectivity index (χ0v) is 19.3. The highest BCUT2D eigenvalue weighted by molar-refractivity contribution is 5.98. The minimum Gasteiger partial charge on any atom is -0.494 e. The van der Waals surface area contributed by atoms with Crippen LogP contribution in [0.3, 0.4) is 0 Å². The molecule has 0 aliphatic heterocycles. The molecule has 0 spiro atoms. The van der Waals surface area contributed by atoms with Crippen molar-refractivity contribution in [3.8, 4) is 16.9 Å². The summed E-state index contributed by atoms with van der Waals surface area (Å²) in [6.45, 7) is 2.79. The highest BCUT2D eigenvalue weighted by Crippen LogP contribution is 2.52. The normalized spacial score (nSPS) is 18.3. The van der Waals surface area contributed by atoms with Crippen LogP contribution in [0, 0.1) is 11.3 Å². The van der Waals surface area contributed by atoms with E-state index in [0.717, 1.165) is 42.6 Å². The van der Waals surface area contributed by atoms with Gasteiger partial charge in [0.05, 0.1) is 18.6 Å². The van der Waals surface area contributed by atoms with Crippen molar-refractivity contribution in [1.29, 1.82) is 0 Å². The second-order valence-electron chi connectivity index (χ2n) is 8.98. The van der Waals surface area contributed by atoms with Gasteiger partial charge in [-0.1, -0.05) is 60.7 Å². The van der Waals surface area contributed by atoms with Crippen molar-refractivity contribution < 1.29 is 19.1 Å². The molecule has 4 heteroatoms. The summed E-state index contributed by atoms with van der Waals surface area (Å²) in [5, 5.41) is 0. The Morgan fingerprint density at radius 1 is 1.00 bits per heavy atom. The average Bonchev–Trinajstić information content (AvgIpc) is 3.64. The van der Waals surface area contributed by atoms with Crippen LogP contribution in [0.15, 0.2) is 78.4 Å². The molecule has 0 bridgehead atoms. The topological polar surface area (TPSA) is 52.6 Å². The van der Waals surface area contributed by atoms with Crippen molar-refractivity contribution in [1.82, 2.24) is 0 Å². The van der Waals surface area contributed by atoms with Crippen molar-refractivity contribution in [2.75, 3.05) is 13.2 Å². The summed E-state index contributed by atoms with van der Waals surface area (Å²) in [5.41, 5.74) is 2.83. The summed E-state index contributed by atoms with van der Waals surface area (Å²) in [5.74, 6) is 1.21. The van der Waals surface area contributed by atoms with Gasteiger partial charge in [0, 0.05) is 12.0 Å². The van der Waals surface area contributed by atoms with Crippen molar-refractivity contribution >= 4 is 11.8 Å². The molecule has 0 saturated heterocycles. The van der Waals surface area contributed by atoms with Gasteiger partial charge in [0.2, 0.25) is 0 Å². The molecule has 33 heavy (non-hydrogen) atoms. The van der Waals surface area contributed by atoms with Gasteiger partial charge in [0.25, 0.3) is 0 Å². The largest absolute Gasteiger partial charge is 0.494 e. The molecule has 1 unspecified atom stereocenters. The van der Waals surface area contributed by atoms with Crippen LogP contribution >= 0.6 is 0 Å². The SMILES string of the molecule is CCOC(=O)C1(CC2C=CC(C(=O)CCCOc3ccc(-c4ccccc4)cc3)=CC2)CC1. The van der Waals surface area contributed by atoms with Crippen LogP contribution in [-0.4, -0.2) is 25.0 Å². The first-order valence-corrected chi connectivity index (χ1v) is 12.0. The Labute approximate surface area is 196 Å². The first-order valence-electron chi connectivity index (χ1n) is 12.0. The van der Waals surface area contributed by atoms with E-state index in [1.807, 2.05) is 49.4 Å². The molecule has 1 saturated carbocycles. The number of hydrogen-bond acceptors (Lipinski definition) is 4. The minimum atomic E-state index is -0.281. The first-order chi connectivity index (χ1) is 16.1. The van der Waals surface area contributed by atoms with Crippen LogP contribution < -0.4 is 4.74 Å². The summed E-state index contributed by atoms with van der Waals surface area (Å²) >= 11 is 0. The molecule has 0 radical (unpaired) electrons. The van der Waals surface area contributed by atoms with Crippen molar-refractivity contribution in [3.05, 3.63) is 78.4 Å². The lowest BCUT2D eigenvalue weighted by molar-refractivity contribution is -0.150. The van der Waals surface area contributed by atoms with Gasteiger partial charge in [-0.25, -0.2) is 0 Å². The van der Waals surface area contributed by atoms with Crippen LogP contribution in [0.5, 0.6) is 5.75 Å². The van der Waals surface area contributed by atoms with Crippen molar-refractivity contribution in [3.63, 3.8) is 0 Å². The Morgan fingerprint density at radius 3 is 2.36 bits per heavy atom. The van der Waals surface area contributed by atoms with Gasteiger partial charge >= 0.3 is 5.97 Å². The van der Waals surface area contributed by atoms with Gasteiger partial charge < -0.3 is 9.47 Å². The number of ether oxygens (including phenoxy) is 2. The van der Waals surface area contributed by atoms with E-state index in [2.05, 4.69) is 30.3 Å². The quantitative estimate of drug-likeness (QED) is 0.301.